The second kappa shape index (κ2) is 9.78. The summed E-state index contributed by atoms with van der Waals surface area (Å²) in [5.74, 6) is 0. The molecule has 0 nitrogen and oxygen atoms in total. The van der Waals surface area contributed by atoms with Crippen molar-refractivity contribution in [1.29, 1.82) is 0 Å². The molecule has 0 N–H and O–H groups in total. The molecule has 0 spiro atoms. The molecule has 0 heteroatoms. The van der Waals surface area contributed by atoms with Crippen molar-refractivity contribution in [2.75, 3.05) is 0 Å². The Morgan fingerprint density at radius 3 is 1.73 bits per heavy atom. The van der Waals surface area contributed by atoms with Crippen LogP contribution in [-0.4, -0.2) is 0 Å². The molecule has 1 aliphatic carbocycles. The third-order valence-electron chi connectivity index (χ3n) is 10.0. The summed E-state index contributed by atoms with van der Waals surface area (Å²) in [6.07, 6.45) is 0. The maximum absolute atomic E-state index is 2.47. The first-order chi connectivity index (χ1) is 22.1. The van der Waals surface area contributed by atoms with Gasteiger partial charge in [0.1, 0.15) is 0 Å². The minimum Gasteiger partial charge on any atom is -0.0622 e. The molecule has 0 saturated heterocycles. The van der Waals surface area contributed by atoms with E-state index in [0.29, 0.717) is 0 Å². The van der Waals surface area contributed by atoms with Gasteiger partial charge < -0.3 is 0 Å². The summed E-state index contributed by atoms with van der Waals surface area (Å²) in [5, 5.41) is 7.66. The maximum Gasteiger partial charge on any atom is 0.0159 e. The molecule has 0 amide bonds. The van der Waals surface area contributed by atoms with Gasteiger partial charge in [0.15, 0.2) is 0 Å². The van der Waals surface area contributed by atoms with Crippen LogP contribution in [-0.2, 0) is 5.41 Å². The summed E-state index contributed by atoms with van der Waals surface area (Å²) >= 11 is 0. The fraction of sp³-hybridized carbons (Fsp3) is 0.0667. The van der Waals surface area contributed by atoms with E-state index in [-0.39, 0.29) is 5.41 Å². The van der Waals surface area contributed by atoms with Crippen LogP contribution in [0.3, 0.4) is 0 Å². The Hall–Kier alpha value is -5.46. The lowest BCUT2D eigenvalue weighted by Gasteiger charge is -2.23. The molecule has 0 fully saturated rings. The molecule has 212 valence electrons. The van der Waals surface area contributed by atoms with Crippen molar-refractivity contribution in [3.63, 3.8) is 0 Å². The monoisotopic (exact) mass is 572 g/mol. The predicted octanol–water partition coefficient (Wildman–Crippen LogP) is 12.5. The van der Waals surface area contributed by atoms with Crippen molar-refractivity contribution < 1.29 is 0 Å². The molecule has 0 saturated carbocycles. The van der Waals surface area contributed by atoms with Crippen LogP contribution in [0.5, 0.6) is 0 Å². The Morgan fingerprint density at radius 1 is 0.333 bits per heavy atom. The standard InChI is InChI=1S/C45H32/c1-45(2)41-19-11-10-16-35(41)36-24-23-34(28-42(36)45)44-38-18-9-8-17-37(38)43(30-13-4-3-5-14-30)40-27-33(22-25-39(40)44)32-21-20-29-12-6-7-15-31(29)26-32/h3-28H,1-2H3. The molecule has 45 heavy (non-hydrogen) atoms. The van der Waals surface area contributed by atoms with Crippen LogP contribution >= 0.6 is 0 Å². The van der Waals surface area contributed by atoms with Crippen molar-refractivity contribution in [3.8, 4) is 44.5 Å². The minimum atomic E-state index is -0.0548. The number of benzene rings is 8. The molecular weight excluding hydrogens is 540 g/mol. The third-order valence-corrected chi connectivity index (χ3v) is 10.0. The van der Waals surface area contributed by atoms with Crippen molar-refractivity contribution in [2.24, 2.45) is 0 Å². The van der Waals surface area contributed by atoms with Crippen LogP contribution in [0.2, 0.25) is 0 Å². The number of fused-ring (bicyclic) bond motifs is 6. The Bertz CT molecular complexity index is 2440. The summed E-state index contributed by atoms with van der Waals surface area (Å²) in [7, 11) is 0. The van der Waals surface area contributed by atoms with Gasteiger partial charge in [-0.1, -0.05) is 153 Å². The van der Waals surface area contributed by atoms with Crippen LogP contribution in [0.1, 0.15) is 25.0 Å². The molecule has 0 bridgehead atoms. The van der Waals surface area contributed by atoms with Crippen molar-refractivity contribution in [1.82, 2.24) is 0 Å². The molecule has 9 rings (SSSR count). The van der Waals surface area contributed by atoms with Gasteiger partial charge in [0.2, 0.25) is 0 Å². The smallest absolute Gasteiger partial charge is 0.0159 e. The highest BCUT2D eigenvalue weighted by atomic mass is 14.4. The molecular formula is C45H32. The summed E-state index contributed by atoms with van der Waals surface area (Å²) < 4.78 is 0. The van der Waals surface area contributed by atoms with Crippen molar-refractivity contribution >= 4 is 32.3 Å². The van der Waals surface area contributed by atoms with E-state index >= 15 is 0 Å². The minimum absolute atomic E-state index is 0.0548. The van der Waals surface area contributed by atoms with Crippen LogP contribution in [0, 0.1) is 0 Å². The Morgan fingerprint density at radius 2 is 0.911 bits per heavy atom. The van der Waals surface area contributed by atoms with E-state index in [2.05, 4.69) is 172 Å². The van der Waals surface area contributed by atoms with Gasteiger partial charge in [0.25, 0.3) is 0 Å². The van der Waals surface area contributed by atoms with E-state index in [1.807, 2.05) is 0 Å². The summed E-state index contributed by atoms with van der Waals surface area (Å²) in [6.45, 7) is 4.73. The lowest BCUT2D eigenvalue weighted by atomic mass is 9.80. The number of hydrogen-bond donors (Lipinski definition) is 0. The highest BCUT2D eigenvalue weighted by molar-refractivity contribution is 6.22. The zero-order valence-electron chi connectivity index (χ0n) is 25.5. The second-order valence-corrected chi connectivity index (χ2v) is 12.9. The van der Waals surface area contributed by atoms with Crippen LogP contribution < -0.4 is 0 Å². The first-order valence-corrected chi connectivity index (χ1v) is 15.9. The van der Waals surface area contributed by atoms with Gasteiger partial charge in [-0.3, -0.25) is 0 Å². The van der Waals surface area contributed by atoms with Gasteiger partial charge in [-0.25, -0.2) is 0 Å². The van der Waals surface area contributed by atoms with E-state index in [1.54, 1.807) is 0 Å². The SMILES string of the molecule is CC1(C)c2ccccc2-c2ccc(-c3c4ccccc4c(-c4ccccc4)c4cc(-c5ccc6ccccc6c5)ccc34)cc21. The van der Waals surface area contributed by atoms with Crippen LogP contribution in [0.25, 0.3) is 76.8 Å². The highest BCUT2D eigenvalue weighted by Gasteiger charge is 2.35. The molecule has 0 atom stereocenters. The summed E-state index contributed by atoms with van der Waals surface area (Å²) in [6, 6.07) is 58.5. The first kappa shape index (κ1) is 26.0. The van der Waals surface area contributed by atoms with Gasteiger partial charge in [-0.2, -0.15) is 0 Å². The van der Waals surface area contributed by atoms with E-state index in [4.69, 9.17) is 0 Å². The average molecular weight is 573 g/mol. The van der Waals surface area contributed by atoms with Gasteiger partial charge in [-0.15, -0.1) is 0 Å². The zero-order chi connectivity index (χ0) is 30.1. The molecule has 8 aromatic rings. The lowest BCUT2D eigenvalue weighted by Crippen LogP contribution is -2.14. The molecule has 0 radical (unpaired) electrons. The molecule has 0 aromatic heterocycles. The van der Waals surface area contributed by atoms with E-state index in [1.165, 1.54) is 88.0 Å². The van der Waals surface area contributed by atoms with E-state index < -0.39 is 0 Å². The van der Waals surface area contributed by atoms with Crippen LogP contribution in [0.15, 0.2) is 158 Å². The number of hydrogen-bond acceptors (Lipinski definition) is 0. The highest BCUT2D eigenvalue weighted by Crippen LogP contribution is 2.51. The zero-order valence-corrected chi connectivity index (χ0v) is 25.5. The Balaban J connectivity index is 1.35. The normalized spacial score (nSPS) is 13.3. The van der Waals surface area contributed by atoms with Gasteiger partial charge >= 0.3 is 0 Å². The van der Waals surface area contributed by atoms with E-state index in [0.717, 1.165) is 0 Å². The number of rotatable bonds is 3. The molecule has 0 heterocycles. The largest absolute Gasteiger partial charge is 0.0622 e. The van der Waals surface area contributed by atoms with E-state index in [9.17, 15) is 0 Å². The lowest BCUT2D eigenvalue weighted by molar-refractivity contribution is 0.660. The quantitative estimate of drug-likeness (QED) is 0.185. The molecule has 8 aromatic carbocycles. The first-order valence-electron chi connectivity index (χ1n) is 15.9. The summed E-state index contributed by atoms with van der Waals surface area (Å²) in [4.78, 5) is 0. The summed E-state index contributed by atoms with van der Waals surface area (Å²) in [5.41, 5.74) is 13.1. The Labute approximate surface area is 264 Å². The fourth-order valence-electron chi connectivity index (χ4n) is 7.81. The van der Waals surface area contributed by atoms with Gasteiger partial charge in [-0.05, 0) is 106 Å². The van der Waals surface area contributed by atoms with Gasteiger partial charge in [0.05, 0.1) is 0 Å². The molecule has 0 aliphatic heterocycles. The third kappa shape index (κ3) is 3.92. The van der Waals surface area contributed by atoms with Crippen molar-refractivity contribution in [3.05, 3.63) is 169 Å². The second-order valence-electron chi connectivity index (χ2n) is 12.9. The van der Waals surface area contributed by atoms with Crippen molar-refractivity contribution in [2.45, 2.75) is 19.3 Å². The Kier molecular flexibility index (Phi) is 5.64. The fourth-order valence-corrected chi connectivity index (χ4v) is 7.81. The topological polar surface area (TPSA) is 0 Å². The predicted molar refractivity (Wildman–Crippen MR) is 193 cm³/mol. The molecule has 1 aliphatic rings. The van der Waals surface area contributed by atoms with Gasteiger partial charge in [0, 0.05) is 5.41 Å². The average Bonchev–Trinajstić information content (AvgIpc) is 3.32. The molecule has 0 unspecified atom stereocenters. The maximum atomic E-state index is 2.47. The van der Waals surface area contributed by atoms with Crippen LogP contribution in [0.4, 0.5) is 0 Å².